The van der Waals surface area contributed by atoms with Crippen molar-refractivity contribution in [3.05, 3.63) is 41.2 Å². The third kappa shape index (κ3) is 4.34. The van der Waals surface area contributed by atoms with E-state index in [1.165, 1.54) is 0 Å². The molecular weight excluding hydrogens is 343 g/mol. The highest BCUT2D eigenvalue weighted by molar-refractivity contribution is 6.06. The molecule has 2 rings (SSSR count). The van der Waals surface area contributed by atoms with E-state index in [1.807, 2.05) is 0 Å². The largest absolute Gasteiger partial charge is 0.461 e. The van der Waals surface area contributed by atoms with E-state index in [9.17, 15) is 22.8 Å². The second-order valence-corrected chi connectivity index (χ2v) is 4.74. The monoisotopic (exact) mass is 357 g/mol. The highest BCUT2D eigenvalue weighted by Gasteiger charge is 2.32. The number of nitrogens with one attached hydrogen (secondary N) is 1. The van der Waals surface area contributed by atoms with Crippen LogP contribution in [0.3, 0.4) is 0 Å². The first-order valence-corrected chi connectivity index (χ1v) is 7.27. The Bertz CT molecular complexity index is 769. The zero-order chi connectivity index (χ0) is 18.6. The number of oxazole rings is 1. The fourth-order valence-corrected chi connectivity index (χ4v) is 1.81. The number of halogens is 3. The van der Waals surface area contributed by atoms with E-state index in [0.717, 1.165) is 12.3 Å². The maximum Gasteiger partial charge on any atom is 0.433 e. The Balaban J connectivity index is 2.22. The summed E-state index contributed by atoms with van der Waals surface area (Å²) in [5.74, 6) is -1.62. The van der Waals surface area contributed by atoms with E-state index in [2.05, 4.69) is 15.3 Å². The number of nitrogens with zero attached hydrogens (tertiary/aromatic N) is 2. The summed E-state index contributed by atoms with van der Waals surface area (Å²) in [7, 11) is 0. The van der Waals surface area contributed by atoms with Crippen molar-refractivity contribution in [2.24, 2.45) is 0 Å². The van der Waals surface area contributed by atoms with E-state index in [4.69, 9.17) is 9.15 Å². The third-order valence-electron chi connectivity index (χ3n) is 2.99. The van der Waals surface area contributed by atoms with Crippen molar-refractivity contribution in [3.8, 4) is 0 Å². The van der Waals surface area contributed by atoms with Gasteiger partial charge in [-0.05, 0) is 19.1 Å². The molecule has 10 heteroatoms. The highest BCUT2D eigenvalue weighted by Crippen LogP contribution is 2.27. The molecule has 1 amide bonds. The summed E-state index contributed by atoms with van der Waals surface area (Å²) in [6.45, 7) is 3.43. The van der Waals surface area contributed by atoms with Gasteiger partial charge in [0.1, 0.15) is 5.69 Å². The quantitative estimate of drug-likeness (QED) is 0.827. The van der Waals surface area contributed by atoms with Crippen molar-refractivity contribution >= 4 is 17.8 Å². The zero-order valence-electron chi connectivity index (χ0n) is 13.3. The van der Waals surface area contributed by atoms with Gasteiger partial charge < -0.3 is 9.15 Å². The molecular formula is C15H14F3N3O4. The van der Waals surface area contributed by atoms with Crippen LogP contribution in [-0.4, -0.2) is 28.5 Å². The molecule has 0 saturated carbocycles. The molecule has 0 bridgehead atoms. The Morgan fingerprint density at radius 3 is 2.52 bits per heavy atom. The standard InChI is InChI=1S/C15H14F3N3O4/c1-3-10-20-11(14(23)24-4-2)13(25-10)21-12(22)8-5-6-9(19-7-8)15(16,17)18/h5-7H,3-4H2,1-2H3,(H,21,22). The van der Waals surface area contributed by atoms with Crippen LogP contribution in [0.25, 0.3) is 0 Å². The number of hydrogen-bond donors (Lipinski definition) is 1. The van der Waals surface area contributed by atoms with Crippen molar-refractivity contribution in [3.63, 3.8) is 0 Å². The number of alkyl halides is 3. The number of aryl methyl sites for hydroxylation is 1. The number of carbonyl (C=O) groups is 2. The first-order chi connectivity index (χ1) is 11.8. The molecule has 7 nitrogen and oxygen atoms in total. The van der Waals surface area contributed by atoms with E-state index in [-0.39, 0.29) is 29.6 Å². The van der Waals surface area contributed by atoms with Crippen molar-refractivity contribution in [1.29, 1.82) is 0 Å². The van der Waals surface area contributed by atoms with E-state index in [1.54, 1.807) is 13.8 Å². The SMILES string of the molecule is CCOC(=O)c1nc(CC)oc1NC(=O)c1ccc(C(F)(F)F)nc1. The first kappa shape index (κ1) is 18.4. The summed E-state index contributed by atoms with van der Waals surface area (Å²) in [5, 5.41) is 2.29. The molecule has 0 saturated heterocycles. The number of amides is 1. The molecule has 0 aliphatic heterocycles. The fraction of sp³-hybridized carbons (Fsp3) is 0.333. The van der Waals surface area contributed by atoms with E-state index in [0.29, 0.717) is 12.5 Å². The van der Waals surface area contributed by atoms with Crippen LogP contribution in [0.5, 0.6) is 0 Å². The summed E-state index contributed by atoms with van der Waals surface area (Å²) >= 11 is 0. The molecule has 0 spiro atoms. The van der Waals surface area contributed by atoms with Crippen LogP contribution in [-0.2, 0) is 17.3 Å². The Hall–Kier alpha value is -2.91. The number of esters is 1. The van der Waals surface area contributed by atoms with Gasteiger partial charge in [0.05, 0.1) is 12.2 Å². The Labute approximate surface area is 140 Å². The van der Waals surface area contributed by atoms with E-state index < -0.39 is 23.7 Å². The molecule has 0 unspecified atom stereocenters. The van der Waals surface area contributed by atoms with Crippen LogP contribution < -0.4 is 5.32 Å². The number of hydrogen-bond acceptors (Lipinski definition) is 6. The lowest BCUT2D eigenvalue weighted by Gasteiger charge is -2.07. The topological polar surface area (TPSA) is 94.3 Å². The van der Waals surface area contributed by atoms with Crippen LogP contribution >= 0.6 is 0 Å². The minimum Gasteiger partial charge on any atom is -0.461 e. The van der Waals surface area contributed by atoms with Gasteiger partial charge in [-0.15, -0.1) is 0 Å². The minimum atomic E-state index is -4.60. The predicted octanol–water partition coefficient (Wildman–Crippen LogP) is 3.08. The van der Waals surface area contributed by atoms with Gasteiger partial charge >= 0.3 is 12.1 Å². The molecule has 0 radical (unpaired) electrons. The average Bonchev–Trinajstić information content (AvgIpc) is 2.97. The molecule has 2 heterocycles. The number of anilines is 1. The number of rotatable bonds is 5. The van der Waals surface area contributed by atoms with Gasteiger partial charge in [-0.1, -0.05) is 6.92 Å². The fourth-order valence-electron chi connectivity index (χ4n) is 1.81. The van der Waals surface area contributed by atoms with Crippen LogP contribution in [0, 0.1) is 0 Å². The molecule has 1 N–H and O–H groups in total. The van der Waals surface area contributed by atoms with Crippen molar-refractivity contribution in [2.45, 2.75) is 26.4 Å². The summed E-state index contributed by atoms with van der Waals surface area (Å²) in [5.41, 5.74) is -1.48. The second kappa shape index (κ2) is 7.32. The van der Waals surface area contributed by atoms with Gasteiger partial charge in [0.2, 0.25) is 11.6 Å². The lowest BCUT2D eigenvalue weighted by Crippen LogP contribution is -2.16. The van der Waals surface area contributed by atoms with Crippen LogP contribution in [0.4, 0.5) is 19.1 Å². The third-order valence-corrected chi connectivity index (χ3v) is 2.99. The molecule has 134 valence electrons. The van der Waals surface area contributed by atoms with Crippen LogP contribution in [0.2, 0.25) is 0 Å². The predicted molar refractivity (Wildman–Crippen MR) is 79.0 cm³/mol. The summed E-state index contributed by atoms with van der Waals surface area (Å²) in [6, 6.07) is 1.64. The van der Waals surface area contributed by atoms with Gasteiger partial charge in [0.15, 0.2) is 5.89 Å². The molecule has 0 aromatic carbocycles. The van der Waals surface area contributed by atoms with Gasteiger partial charge in [0, 0.05) is 12.6 Å². The molecule has 2 aromatic heterocycles. The molecule has 0 fully saturated rings. The highest BCUT2D eigenvalue weighted by atomic mass is 19.4. The normalized spacial score (nSPS) is 11.2. The molecule has 25 heavy (non-hydrogen) atoms. The van der Waals surface area contributed by atoms with Gasteiger partial charge in [-0.2, -0.15) is 13.2 Å². The number of aromatic nitrogens is 2. The minimum absolute atomic E-state index is 0.101. The van der Waals surface area contributed by atoms with E-state index >= 15 is 0 Å². The average molecular weight is 357 g/mol. The van der Waals surface area contributed by atoms with Gasteiger partial charge in [0.25, 0.3) is 5.91 Å². The smallest absolute Gasteiger partial charge is 0.433 e. The van der Waals surface area contributed by atoms with Crippen molar-refractivity contribution in [2.75, 3.05) is 11.9 Å². The number of carbonyl (C=O) groups excluding carboxylic acids is 2. The van der Waals surface area contributed by atoms with Gasteiger partial charge in [-0.3, -0.25) is 15.1 Å². The Morgan fingerprint density at radius 1 is 1.28 bits per heavy atom. The first-order valence-electron chi connectivity index (χ1n) is 7.27. The van der Waals surface area contributed by atoms with Crippen molar-refractivity contribution in [1.82, 2.24) is 9.97 Å². The second-order valence-electron chi connectivity index (χ2n) is 4.74. The van der Waals surface area contributed by atoms with Gasteiger partial charge in [-0.25, -0.2) is 9.78 Å². The Kier molecular flexibility index (Phi) is 5.40. The summed E-state index contributed by atoms with van der Waals surface area (Å²) in [6.07, 6.45) is -3.46. The lowest BCUT2D eigenvalue weighted by molar-refractivity contribution is -0.141. The molecule has 0 aliphatic carbocycles. The maximum atomic E-state index is 12.5. The zero-order valence-corrected chi connectivity index (χ0v) is 13.3. The summed E-state index contributed by atoms with van der Waals surface area (Å²) in [4.78, 5) is 31.1. The number of pyridine rings is 1. The van der Waals surface area contributed by atoms with Crippen LogP contribution in [0.1, 0.15) is 46.3 Å². The lowest BCUT2D eigenvalue weighted by atomic mass is 10.2. The molecule has 0 atom stereocenters. The maximum absolute atomic E-state index is 12.5. The molecule has 2 aromatic rings. The Morgan fingerprint density at radius 2 is 2.00 bits per heavy atom. The molecule has 0 aliphatic rings. The van der Waals surface area contributed by atoms with Crippen molar-refractivity contribution < 1.29 is 31.9 Å². The summed E-state index contributed by atoms with van der Waals surface area (Å²) < 4.78 is 47.5. The number of ether oxygens (including phenoxy) is 1. The van der Waals surface area contributed by atoms with Crippen LogP contribution in [0.15, 0.2) is 22.7 Å².